The minimum absolute atomic E-state index is 0.0298. The Bertz CT molecular complexity index is 952. The Balaban J connectivity index is 1.29. The first kappa shape index (κ1) is 18.2. The van der Waals surface area contributed by atoms with Gasteiger partial charge in [-0.15, -0.1) is 0 Å². The Morgan fingerprint density at radius 3 is 2.54 bits per heavy atom. The number of hydrogen-bond acceptors (Lipinski definition) is 3. The maximum atomic E-state index is 12.5. The topological polar surface area (TPSA) is 78.1 Å². The summed E-state index contributed by atoms with van der Waals surface area (Å²) >= 11 is 0. The fraction of sp³-hybridized carbons (Fsp3) is 0.318. The van der Waals surface area contributed by atoms with Crippen molar-refractivity contribution in [3.05, 3.63) is 65.5 Å². The number of para-hydroxylation sites is 2. The van der Waals surface area contributed by atoms with Gasteiger partial charge in [-0.25, -0.2) is 4.98 Å². The standard InChI is InChI=1S/C22H24N4O2/c1-15-6-8-17(9-7-15)22(28)23-14-20(27)26-12-10-16(11-13-26)21-24-18-4-2-3-5-19(18)25-21/h2-9,16H,10-14H2,1H3,(H,23,28)(H,24,25). The predicted octanol–water partition coefficient (Wildman–Crippen LogP) is 3.01. The van der Waals surface area contributed by atoms with E-state index >= 15 is 0 Å². The Labute approximate surface area is 164 Å². The van der Waals surface area contributed by atoms with E-state index in [1.54, 1.807) is 12.1 Å². The van der Waals surface area contributed by atoms with Gasteiger partial charge in [0.1, 0.15) is 5.82 Å². The van der Waals surface area contributed by atoms with Crippen LogP contribution in [0.2, 0.25) is 0 Å². The van der Waals surface area contributed by atoms with Gasteiger partial charge in [0.05, 0.1) is 17.6 Å². The number of aryl methyl sites for hydroxylation is 1. The molecule has 1 aliphatic rings. The Morgan fingerprint density at radius 2 is 1.82 bits per heavy atom. The largest absolute Gasteiger partial charge is 0.343 e. The number of rotatable bonds is 4. The van der Waals surface area contributed by atoms with E-state index in [9.17, 15) is 9.59 Å². The van der Waals surface area contributed by atoms with Gasteiger partial charge >= 0.3 is 0 Å². The molecule has 0 radical (unpaired) electrons. The number of fused-ring (bicyclic) bond motifs is 1. The molecule has 2 amide bonds. The normalized spacial score (nSPS) is 15.0. The maximum absolute atomic E-state index is 12.5. The Hall–Kier alpha value is -3.15. The molecule has 28 heavy (non-hydrogen) atoms. The van der Waals surface area contributed by atoms with Crippen LogP contribution in [0.5, 0.6) is 0 Å². The number of amides is 2. The van der Waals surface area contributed by atoms with Crippen LogP contribution in [0.25, 0.3) is 11.0 Å². The van der Waals surface area contributed by atoms with Crippen molar-refractivity contribution in [2.24, 2.45) is 0 Å². The minimum Gasteiger partial charge on any atom is -0.343 e. The molecule has 1 saturated heterocycles. The van der Waals surface area contributed by atoms with Gasteiger partial charge < -0.3 is 15.2 Å². The van der Waals surface area contributed by atoms with Crippen molar-refractivity contribution >= 4 is 22.8 Å². The molecule has 0 bridgehead atoms. The highest BCUT2D eigenvalue weighted by atomic mass is 16.2. The van der Waals surface area contributed by atoms with Crippen molar-refractivity contribution in [2.45, 2.75) is 25.7 Å². The van der Waals surface area contributed by atoms with Crippen molar-refractivity contribution in [2.75, 3.05) is 19.6 Å². The van der Waals surface area contributed by atoms with Crippen LogP contribution in [0.4, 0.5) is 0 Å². The second-order valence-electron chi connectivity index (χ2n) is 7.34. The molecule has 0 saturated carbocycles. The van der Waals surface area contributed by atoms with Crippen LogP contribution >= 0.6 is 0 Å². The van der Waals surface area contributed by atoms with E-state index in [0.717, 1.165) is 35.3 Å². The molecule has 6 heteroatoms. The van der Waals surface area contributed by atoms with E-state index < -0.39 is 0 Å². The number of H-pyrrole nitrogens is 1. The monoisotopic (exact) mass is 376 g/mol. The SMILES string of the molecule is Cc1ccc(C(=O)NCC(=O)N2CCC(c3nc4ccccc4[nH]3)CC2)cc1. The number of carbonyl (C=O) groups is 2. The molecule has 0 unspecified atom stereocenters. The van der Waals surface area contributed by atoms with Crippen molar-refractivity contribution in [1.29, 1.82) is 0 Å². The number of benzene rings is 2. The lowest BCUT2D eigenvalue weighted by Crippen LogP contribution is -2.43. The number of nitrogens with zero attached hydrogens (tertiary/aromatic N) is 2. The predicted molar refractivity (Wildman–Crippen MR) is 108 cm³/mol. The maximum Gasteiger partial charge on any atom is 0.251 e. The zero-order chi connectivity index (χ0) is 19.5. The van der Waals surface area contributed by atoms with Crippen LogP contribution in [0.3, 0.4) is 0 Å². The highest BCUT2D eigenvalue weighted by Crippen LogP contribution is 2.27. The molecule has 144 valence electrons. The van der Waals surface area contributed by atoms with Crippen molar-refractivity contribution < 1.29 is 9.59 Å². The second-order valence-corrected chi connectivity index (χ2v) is 7.34. The molecule has 0 aliphatic carbocycles. The van der Waals surface area contributed by atoms with Crippen LogP contribution in [0.15, 0.2) is 48.5 Å². The summed E-state index contributed by atoms with van der Waals surface area (Å²) in [5.41, 5.74) is 3.70. The Morgan fingerprint density at radius 1 is 1.11 bits per heavy atom. The summed E-state index contributed by atoms with van der Waals surface area (Å²) < 4.78 is 0. The van der Waals surface area contributed by atoms with E-state index in [0.29, 0.717) is 24.6 Å². The summed E-state index contributed by atoms with van der Waals surface area (Å²) in [6.45, 7) is 3.37. The first-order chi connectivity index (χ1) is 13.6. The summed E-state index contributed by atoms with van der Waals surface area (Å²) in [4.78, 5) is 34.5. The first-order valence-electron chi connectivity index (χ1n) is 9.67. The third-order valence-corrected chi connectivity index (χ3v) is 5.36. The third-order valence-electron chi connectivity index (χ3n) is 5.36. The molecule has 1 aromatic heterocycles. The average molecular weight is 376 g/mol. The van der Waals surface area contributed by atoms with E-state index in [1.165, 1.54) is 0 Å². The van der Waals surface area contributed by atoms with Crippen molar-refractivity contribution in [3.63, 3.8) is 0 Å². The summed E-state index contributed by atoms with van der Waals surface area (Å²) in [6.07, 6.45) is 1.74. The smallest absolute Gasteiger partial charge is 0.251 e. The zero-order valence-corrected chi connectivity index (χ0v) is 15.9. The summed E-state index contributed by atoms with van der Waals surface area (Å²) in [7, 11) is 0. The highest BCUT2D eigenvalue weighted by Gasteiger charge is 2.25. The van der Waals surface area contributed by atoms with Gasteiger partial charge in [-0.1, -0.05) is 29.8 Å². The van der Waals surface area contributed by atoms with Crippen molar-refractivity contribution in [1.82, 2.24) is 20.2 Å². The van der Waals surface area contributed by atoms with Crippen LogP contribution in [-0.2, 0) is 4.79 Å². The lowest BCUT2D eigenvalue weighted by atomic mass is 9.96. The minimum atomic E-state index is -0.217. The van der Waals surface area contributed by atoms with Gasteiger partial charge in [0.2, 0.25) is 5.91 Å². The van der Waals surface area contributed by atoms with Crippen LogP contribution in [0, 0.1) is 6.92 Å². The third kappa shape index (κ3) is 3.91. The highest BCUT2D eigenvalue weighted by molar-refractivity contribution is 5.96. The van der Waals surface area contributed by atoms with Gasteiger partial charge in [0, 0.05) is 24.6 Å². The Kier molecular flexibility index (Phi) is 5.10. The number of imidazole rings is 1. The lowest BCUT2D eigenvalue weighted by molar-refractivity contribution is -0.131. The molecule has 2 N–H and O–H groups in total. The van der Waals surface area contributed by atoms with Crippen LogP contribution < -0.4 is 5.32 Å². The molecule has 6 nitrogen and oxygen atoms in total. The quantitative estimate of drug-likeness (QED) is 0.735. The molecule has 4 rings (SSSR count). The number of aromatic nitrogens is 2. The number of piperidine rings is 1. The van der Waals surface area contributed by atoms with Gasteiger partial charge in [0.15, 0.2) is 0 Å². The summed E-state index contributed by atoms with van der Waals surface area (Å²) in [5.74, 6) is 1.08. The molecular formula is C22H24N4O2. The number of aromatic amines is 1. The second kappa shape index (κ2) is 7.84. The zero-order valence-electron chi connectivity index (χ0n) is 15.9. The van der Waals surface area contributed by atoms with E-state index in [1.807, 2.05) is 48.2 Å². The fourth-order valence-electron chi connectivity index (χ4n) is 3.64. The molecule has 0 atom stereocenters. The molecule has 1 fully saturated rings. The van der Waals surface area contributed by atoms with Crippen LogP contribution in [0.1, 0.15) is 40.5 Å². The summed E-state index contributed by atoms with van der Waals surface area (Å²) in [6, 6.07) is 15.3. The first-order valence-corrected chi connectivity index (χ1v) is 9.67. The van der Waals surface area contributed by atoms with E-state index in [2.05, 4.69) is 15.3 Å². The van der Waals surface area contributed by atoms with Gasteiger partial charge in [0.25, 0.3) is 5.91 Å². The molecule has 2 aromatic carbocycles. The number of nitrogens with one attached hydrogen (secondary N) is 2. The van der Waals surface area contributed by atoms with E-state index in [4.69, 9.17) is 0 Å². The van der Waals surface area contributed by atoms with Gasteiger partial charge in [-0.2, -0.15) is 0 Å². The number of carbonyl (C=O) groups excluding carboxylic acids is 2. The summed E-state index contributed by atoms with van der Waals surface area (Å²) in [5, 5.41) is 2.73. The molecule has 3 aromatic rings. The average Bonchev–Trinajstić information content (AvgIpc) is 3.16. The number of likely N-dealkylation sites (tertiary alicyclic amines) is 1. The van der Waals surface area contributed by atoms with Crippen molar-refractivity contribution in [3.8, 4) is 0 Å². The molecule has 1 aliphatic heterocycles. The van der Waals surface area contributed by atoms with Gasteiger partial charge in [-0.3, -0.25) is 9.59 Å². The molecule has 2 heterocycles. The number of hydrogen-bond donors (Lipinski definition) is 2. The fourth-order valence-corrected chi connectivity index (χ4v) is 3.64. The molecular weight excluding hydrogens is 352 g/mol. The molecule has 0 spiro atoms. The van der Waals surface area contributed by atoms with E-state index in [-0.39, 0.29) is 18.4 Å². The lowest BCUT2D eigenvalue weighted by Gasteiger charge is -2.31. The van der Waals surface area contributed by atoms with Gasteiger partial charge in [-0.05, 0) is 44.0 Å². The van der Waals surface area contributed by atoms with Crippen LogP contribution in [-0.4, -0.2) is 46.3 Å².